The highest BCUT2D eigenvalue weighted by molar-refractivity contribution is 6.40. The van der Waals surface area contributed by atoms with Crippen LogP contribution in [0.4, 0.5) is 0 Å². The van der Waals surface area contributed by atoms with Crippen LogP contribution in [0.15, 0.2) is 0 Å². The lowest BCUT2D eigenvalue weighted by Crippen LogP contribution is -1.24. The molecule has 0 amide bonds. The first kappa shape index (κ1) is 8.98. The Morgan fingerprint density at radius 2 is 1.40 bits per heavy atom. The molecule has 0 spiro atoms. The van der Waals surface area contributed by atoms with Gasteiger partial charge < -0.3 is 4.79 Å². The fourth-order valence-electron chi connectivity index (χ4n) is 0. The third-order valence-electron chi connectivity index (χ3n) is 0. The zero-order chi connectivity index (χ0) is 4.71. The minimum atomic E-state index is 0.194. The summed E-state index contributed by atoms with van der Waals surface area (Å²) >= 11 is 9.53. The van der Waals surface area contributed by atoms with Gasteiger partial charge in [0.25, 0.3) is 0 Å². The van der Waals surface area contributed by atoms with Crippen molar-refractivity contribution in [2.75, 3.05) is 5.34 Å². The summed E-state index contributed by atoms with van der Waals surface area (Å²) in [6.07, 6.45) is 0. The van der Waals surface area contributed by atoms with E-state index in [0.717, 1.165) is 0 Å². The molecule has 0 rings (SSSR count). The monoisotopic (exact) mass is 114 g/mol. The van der Waals surface area contributed by atoms with Crippen LogP contribution in [0.2, 0.25) is 0 Å². The molecule has 0 heterocycles. The van der Waals surface area contributed by atoms with Crippen LogP contribution in [0.1, 0.15) is 0 Å². The van der Waals surface area contributed by atoms with Crippen molar-refractivity contribution in [3.05, 3.63) is 0 Å². The lowest BCUT2D eigenvalue weighted by atomic mass is 11.9. The lowest BCUT2D eigenvalue weighted by molar-refractivity contribution is -0.0979. The average molecular weight is 115 g/mol. The maximum absolute atomic E-state index is 8.00. The van der Waals surface area contributed by atoms with Gasteiger partial charge in [0.1, 0.15) is 6.79 Å². The molecule has 0 aliphatic rings. The summed E-state index contributed by atoms with van der Waals surface area (Å²) in [6, 6.07) is 0. The molecule has 32 valence electrons. The summed E-state index contributed by atoms with van der Waals surface area (Å²) in [7, 11) is 0. The van der Waals surface area contributed by atoms with E-state index in [1.54, 1.807) is 0 Å². The SMILES string of the molecule is C=O.ClCCl. The first-order valence-electron chi connectivity index (χ1n) is 0.823. The third kappa shape index (κ3) is 344. The van der Waals surface area contributed by atoms with Crippen LogP contribution in [-0.2, 0) is 4.79 Å². The molecule has 0 atom stereocenters. The van der Waals surface area contributed by atoms with Gasteiger partial charge in [-0.15, -0.1) is 23.2 Å². The quantitative estimate of drug-likeness (QED) is 0.434. The van der Waals surface area contributed by atoms with Gasteiger partial charge in [-0.05, 0) is 0 Å². The van der Waals surface area contributed by atoms with E-state index in [-0.39, 0.29) is 5.34 Å². The number of carbonyl (C=O) groups excluding carboxylic acids is 1. The van der Waals surface area contributed by atoms with E-state index in [0.29, 0.717) is 0 Å². The number of hydrogen-bond donors (Lipinski definition) is 0. The zero-order valence-corrected chi connectivity index (χ0v) is 4.09. The van der Waals surface area contributed by atoms with Gasteiger partial charge >= 0.3 is 0 Å². The molecule has 1 nitrogen and oxygen atoms in total. The molecular formula is C2H4Cl2O. The molecule has 0 aliphatic heterocycles. The van der Waals surface area contributed by atoms with Crippen molar-refractivity contribution in [1.82, 2.24) is 0 Å². The van der Waals surface area contributed by atoms with Crippen LogP contribution < -0.4 is 0 Å². The molecule has 0 bridgehead atoms. The minimum absolute atomic E-state index is 0.194. The molecule has 0 saturated heterocycles. The fourth-order valence-corrected chi connectivity index (χ4v) is 0. The van der Waals surface area contributed by atoms with Crippen molar-refractivity contribution >= 4 is 30.0 Å². The smallest absolute Gasteiger partial charge is 0.106 e. The molecular weight excluding hydrogens is 111 g/mol. The maximum Gasteiger partial charge on any atom is 0.106 e. The van der Waals surface area contributed by atoms with Gasteiger partial charge in [0.05, 0.1) is 5.34 Å². The van der Waals surface area contributed by atoms with E-state index >= 15 is 0 Å². The van der Waals surface area contributed by atoms with Gasteiger partial charge in [-0.3, -0.25) is 0 Å². The van der Waals surface area contributed by atoms with E-state index < -0.39 is 0 Å². The first-order chi connectivity index (χ1) is 2.41. The number of halogens is 2. The summed E-state index contributed by atoms with van der Waals surface area (Å²) in [5.41, 5.74) is 0. The largest absolute Gasteiger partial charge is 0.307 e. The molecule has 0 fully saturated rings. The minimum Gasteiger partial charge on any atom is -0.307 e. The van der Waals surface area contributed by atoms with Gasteiger partial charge in [0.2, 0.25) is 0 Å². The number of hydrogen-bond acceptors (Lipinski definition) is 1. The van der Waals surface area contributed by atoms with E-state index in [9.17, 15) is 0 Å². The van der Waals surface area contributed by atoms with Gasteiger partial charge in [0.15, 0.2) is 0 Å². The third-order valence-corrected chi connectivity index (χ3v) is 0. The molecule has 0 N–H and O–H groups in total. The van der Waals surface area contributed by atoms with Gasteiger partial charge in [-0.2, -0.15) is 0 Å². The Balaban J connectivity index is 0. The fraction of sp³-hybridized carbons (Fsp3) is 0.500. The number of alkyl halides is 2. The molecule has 0 aromatic rings. The Bertz CT molecular complexity index is 11.6. The van der Waals surface area contributed by atoms with E-state index in [4.69, 9.17) is 28.0 Å². The van der Waals surface area contributed by atoms with Gasteiger partial charge in [-0.25, -0.2) is 0 Å². The standard InChI is InChI=1S/CH2Cl2.CH2O/c2-1-3;1-2/h1H2;1H2. The molecule has 0 aromatic carbocycles. The molecule has 5 heavy (non-hydrogen) atoms. The van der Waals surface area contributed by atoms with Crippen LogP contribution in [-0.4, -0.2) is 12.1 Å². The summed E-state index contributed by atoms with van der Waals surface area (Å²) in [4.78, 5) is 8.00. The second kappa shape index (κ2) is 28.7. The average Bonchev–Trinajstić information content (AvgIpc) is 1.46. The topological polar surface area (TPSA) is 17.1 Å². The number of rotatable bonds is 0. The first-order valence-corrected chi connectivity index (χ1v) is 1.89. The lowest BCUT2D eigenvalue weighted by Gasteiger charge is -1.42. The van der Waals surface area contributed by atoms with Crippen LogP contribution in [0, 0.1) is 0 Å². The number of carbonyl (C=O) groups is 1. The Kier molecular flexibility index (Phi) is 51.6. The van der Waals surface area contributed by atoms with Crippen molar-refractivity contribution in [2.45, 2.75) is 0 Å². The predicted octanol–water partition coefficient (Wildman–Crippen LogP) is 1.24. The van der Waals surface area contributed by atoms with Gasteiger partial charge in [-0.1, -0.05) is 0 Å². The molecule has 0 unspecified atom stereocenters. The summed E-state index contributed by atoms with van der Waals surface area (Å²) < 4.78 is 0. The maximum atomic E-state index is 8.00. The second-order valence-corrected chi connectivity index (χ2v) is 0.909. The van der Waals surface area contributed by atoms with Crippen LogP contribution >= 0.6 is 23.2 Å². The van der Waals surface area contributed by atoms with Crippen LogP contribution in [0.3, 0.4) is 0 Å². The van der Waals surface area contributed by atoms with Crippen molar-refractivity contribution in [1.29, 1.82) is 0 Å². The van der Waals surface area contributed by atoms with Crippen LogP contribution in [0.25, 0.3) is 0 Å². The Morgan fingerprint density at radius 3 is 1.40 bits per heavy atom. The molecule has 0 aliphatic carbocycles. The summed E-state index contributed by atoms with van der Waals surface area (Å²) in [5, 5.41) is 0.194. The Morgan fingerprint density at radius 1 is 1.40 bits per heavy atom. The predicted molar refractivity (Wildman–Crippen MR) is 23.7 cm³/mol. The Labute approximate surface area is 40.9 Å². The molecule has 3 heteroatoms. The highest BCUT2D eigenvalue weighted by Gasteiger charge is 1.41. The second-order valence-electron chi connectivity index (χ2n) is 0.101. The summed E-state index contributed by atoms with van der Waals surface area (Å²) in [5.74, 6) is 0. The zero-order valence-electron chi connectivity index (χ0n) is 2.58. The van der Waals surface area contributed by atoms with Crippen molar-refractivity contribution < 1.29 is 4.79 Å². The van der Waals surface area contributed by atoms with Crippen molar-refractivity contribution in [2.24, 2.45) is 0 Å². The highest BCUT2D eigenvalue weighted by atomic mass is 35.5. The molecule has 0 radical (unpaired) electrons. The van der Waals surface area contributed by atoms with Crippen LogP contribution in [0.5, 0.6) is 0 Å². The van der Waals surface area contributed by atoms with E-state index in [1.807, 2.05) is 6.79 Å². The highest BCUT2D eigenvalue weighted by Crippen LogP contribution is 1.73. The van der Waals surface area contributed by atoms with E-state index in [1.165, 1.54) is 0 Å². The van der Waals surface area contributed by atoms with E-state index in [2.05, 4.69) is 0 Å². The normalized spacial score (nSPS) is 4.40. The summed E-state index contributed by atoms with van der Waals surface area (Å²) in [6.45, 7) is 2.00. The molecule has 0 saturated carbocycles. The van der Waals surface area contributed by atoms with Crippen molar-refractivity contribution in [3.8, 4) is 0 Å². The van der Waals surface area contributed by atoms with Gasteiger partial charge in [0, 0.05) is 0 Å². The Hall–Kier alpha value is 0.250. The molecule has 0 aromatic heterocycles. The van der Waals surface area contributed by atoms with Crippen molar-refractivity contribution in [3.63, 3.8) is 0 Å².